The average Bonchev–Trinajstić information content (AvgIpc) is 2.72. The number of anilines is 1. The van der Waals surface area contributed by atoms with Gasteiger partial charge in [-0.2, -0.15) is 0 Å². The molecular formula is C12H13N. The van der Waals surface area contributed by atoms with Crippen LogP contribution >= 0.6 is 0 Å². The van der Waals surface area contributed by atoms with E-state index in [1.54, 1.807) is 0 Å². The first kappa shape index (κ1) is 7.19. The monoisotopic (exact) mass is 171 g/mol. The third-order valence-electron chi connectivity index (χ3n) is 3.21. The maximum absolute atomic E-state index is 4.20. The van der Waals surface area contributed by atoms with Gasteiger partial charge in [-0.25, -0.2) is 0 Å². The van der Waals surface area contributed by atoms with Crippen LogP contribution in [0.4, 0.5) is 5.69 Å². The van der Waals surface area contributed by atoms with Crippen molar-refractivity contribution in [3.63, 3.8) is 0 Å². The van der Waals surface area contributed by atoms with E-state index in [9.17, 15) is 0 Å². The zero-order chi connectivity index (χ0) is 8.84. The standard InChI is InChI=1S/C12H13N/c1-9-10-5-2-3-6-12(10)13-8-4-7-11(9)13/h2-3,5-6,11H,1,4,7-8H2. The van der Waals surface area contributed by atoms with E-state index in [1.165, 1.54) is 36.2 Å². The number of hydrogen-bond acceptors (Lipinski definition) is 1. The first-order chi connectivity index (χ1) is 6.38. The number of benzene rings is 1. The molecule has 1 atom stereocenters. The molecule has 0 radical (unpaired) electrons. The second-order valence-electron chi connectivity index (χ2n) is 3.89. The van der Waals surface area contributed by atoms with Gasteiger partial charge in [-0.15, -0.1) is 0 Å². The molecule has 2 heterocycles. The van der Waals surface area contributed by atoms with Gasteiger partial charge in [0.05, 0.1) is 6.04 Å². The molecule has 2 aliphatic rings. The lowest BCUT2D eigenvalue weighted by Crippen LogP contribution is -2.23. The van der Waals surface area contributed by atoms with E-state index in [4.69, 9.17) is 0 Å². The van der Waals surface area contributed by atoms with Crippen molar-refractivity contribution in [2.45, 2.75) is 18.9 Å². The Morgan fingerprint density at radius 1 is 1.31 bits per heavy atom. The molecule has 66 valence electrons. The quantitative estimate of drug-likeness (QED) is 0.580. The number of rotatable bonds is 0. The third kappa shape index (κ3) is 0.819. The highest BCUT2D eigenvalue weighted by Gasteiger charge is 2.35. The summed E-state index contributed by atoms with van der Waals surface area (Å²) in [6.45, 7) is 5.41. The third-order valence-corrected chi connectivity index (χ3v) is 3.21. The first-order valence-electron chi connectivity index (χ1n) is 4.93. The summed E-state index contributed by atoms with van der Waals surface area (Å²) in [6, 6.07) is 9.23. The fraction of sp³-hybridized carbons (Fsp3) is 0.333. The van der Waals surface area contributed by atoms with Crippen LogP contribution in [-0.2, 0) is 0 Å². The van der Waals surface area contributed by atoms with E-state index in [1.807, 2.05) is 0 Å². The predicted octanol–water partition coefficient (Wildman–Crippen LogP) is 2.68. The molecule has 0 bridgehead atoms. The van der Waals surface area contributed by atoms with Gasteiger partial charge in [0, 0.05) is 17.8 Å². The van der Waals surface area contributed by atoms with Crippen molar-refractivity contribution in [3.05, 3.63) is 36.4 Å². The summed E-state index contributed by atoms with van der Waals surface area (Å²) in [5.74, 6) is 0. The molecular weight excluding hydrogens is 158 g/mol. The van der Waals surface area contributed by atoms with Gasteiger partial charge in [0.1, 0.15) is 0 Å². The van der Waals surface area contributed by atoms with Crippen LogP contribution in [0.2, 0.25) is 0 Å². The molecule has 1 heteroatoms. The molecule has 1 fully saturated rings. The lowest BCUT2D eigenvalue weighted by Gasteiger charge is -2.18. The van der Waals surface area contributed by atoms with Crippen molar-refractivity contribution in [1.29, 1.82) is 0 Å². The Labute approximate surface area is 78.7 Å². The topological polar surface area (TPSA) is 3.24 Å². The van der Waals surface area contributed by atoms with Crippen LogP contribution in [0.25, 0.3) is 5.57 Å². The fourth-order valence-electron chi connectivity index (χ4n) is 2.59. The first-order valence-corrected chi connectivity index (χ1v) is 4.93. The van der Waals surface area contributed by atoms with Gasteiger partial charge in [0.2, 0.25) is 0 Å². The summed E-state index contributed by atoms with van der Waals surface area (Å²) in [5.41, 5.74) is 4.09. The molecule has 1 aromatic carbocycles. The summed E-state index contributed by atoms with van der Waals surface area (Å²) in [7, 11) is 0. The van der Waals surface area contributed by atoms with Gasteiger partial charge in [-0.3, -0.25) is 0 Å². The van der Waals surface area contributed by atoms with Crippen LogP contribution in [0.5, 0.6) is 0 Å². The minimum Gasteiger partial charge on any atom is -0.364 e. The van der Waals surface area contributed by atoms with Crippen molar-refractivity contribution in [2.75, 3.05) is 11.4 Å². The number of hydrogen-bond donors (Lipinski definition) is 0. The fourth-order valence-corrected chi connectivity index (χ4v) is 2.59. The highest BCUT2D eigenvalue weighted by molar-refractivity contribution is 5.87. The second-order valence-corrected chi connectivity index (χ2v) is 3.89. The van der Waals surface area contributed by atoms with Crippen molar-refractivity contribution >= 4 is 11.3 Å². The van der Waals surface area contributed by atoms with Gasteiger partial charge in [0.25, 0.3) is 0 Å². The van der Waals surface area contributed by atoms with Gasteiger partial charge >= 0.3 is 0 Å². The molecule has 2 aliphatic heterocycles. The molecule has 1 aromatic rings. The van der Waals surface area contributed by atoms with Crippen molar-refractivity contribution in [3.8, 4) is 0 Å². The average molecular weight is 171 g/mol. The van der Waals surface area contributed by atoms with Crippen LogP contribution in [0.3, 0.4) is 0 Å². The maximum atomic E-state index is 4.20. The predicted molar refractivity (Wildman–Crippen MR) is 55.8 cm³/mol. The highest BCUT2D eigenvalue weighted by atomic mass is 15.2. The summed E-state index contributed by atoms with van der Waals surface area (Å²) in [6.07, 6.45) is 2.60. The largest absolute Gasteiger partial charge is 0.364 e. The molecule has 0 aliphatic carbocycles. The van der Waals surface area contributed by atoms with Crippen LogP contribution in [0.1, 0.15) is 18.4 Å². The summed E-state index contributed by atoms with van der Waals surface area (Å²) in [5, 5.41) is 0. The van der Waals surface area contributed by atoms with Crippen molar-refractivity contribution in [2.24, 2.45) is 0 Å². The Morgan fingerprint density at radius 3 is 3.08 bits per heavy atom. The van der Waals surface area contributed by atoms with Crippen LogP contribution in [-0.4, -0.2) is 12.6 Å². The zero-order valence-electron chi connectivity index (χ0n) is 7.66. The van der Waals surface area contributed by atoms with Gasteiger partial charge in [-0.1, -0.05) is 24.8 Å². The Hall–Kier alpha value is -1.24. The summed E-state index contributed by atoms with van der Waals surface area (Å²) in [4.78, 5) is 2.50. The number of nitrogens with zero attached hydrogens (tertiary/aromatic N) is 1. The molecule has 0 N–H and O–H groups in total. The van der Waals surface area contributed by atoms with Gasteiger partial charge < -0.3 is 4.90 Å². The van der Waals surface area contributed by atoms with E-state index in [-0.39, 0.29) is 0 Å². The molecule has 1 unspecified atom stereocenters. The number of para-hydroxylation sites is 1. The summed E-state index contributed by atoms with van der Waals surface area (Å²) >= 11 is 0. The molecule has 13 heavy (non-hydrogen) atoms. The van der Waals surface area contributed by atoms with E-state index in [0.29, 0.717) is 6.04 Å². The van der Waals surface area contributed by atoms with Crippen molar-refractivity contribution in [1.82, 2.24) is 0 Å². The molecule has 1 nitrogen and oxygen atoms in total. The normalized spacial score (nSPS) is 24.8. The highest BCUT2D eigenvalue weighted by Crippen LogP contribution is 2.43. The maximum Gasteiger partial charge on any atom is 0.0544 e. The molecule has 0 amide bonds. The van der Waals surface area contributed by atoms with Gasteiger partial charge in [0.15, 0.2) is 0 Å². The van der Waals surface area contributed by atoms with E-state index in [2.05, 4.69) is 35.7 Å². The smallest absolute Gasteiger partial charge is 0.0544 e. The zero-order valence-corrected chi connectivity index (χ0v) is 7.66. The lowest BCUT2D eigenvalue weighted by molar-refractivity contribution is 0.849. The van der Waals surface area contributed by atoms with Crippen molar-refractivity contribution < 1.29 is 0 Å². The van der Waals surface area contributed by atoms with E-state index < -0.39 is 0 Å². The minimum atomic E-state index is 0.609. The second kappa shape index (κ2) is 2.38. The summed E-state index contributed by atoms with van der Waals surface area (Å²) < 4.78 is 0. The van der Waals surface area contributed by atoms with Gasteiger partial charge in [-0.05, 0) is 24.5 Å². The Kier molecular flexibility index (Phi) is 1.32. The van der Waals surface area contributed by atoms with Crippen LogP contribution < -0.4 is 4.90 Å². The van der Waals surface area contributed by atoms with Crippen LogP contribution in [0, 0.1) is 0 Å². The lowest BCUT2D eigenvalue weighted by atomic mass is 10.0. The Morgan fingerprint density at radius 2 is 2.15 bits per heavy atom. The Bertz CT molecular complexity index is 367. The molecule has 0 aromatic heterocycles. The minimum absolute atomic E-state index is 0.609. The van der Waals surface area contributed by atoms with E-state index >= 15 is 0 Å². The molecule has 3 rings (SSSR count). The van der Waals surface area contributed by atoms with Crippen LogP contribution in [0.15, 0.2) is 30.8 Å². The molecule has 0 saturated carbocycles. The molecule has 0 spiro atoms. The SMILES string of the molecule is C=C1c2ccccc2N2CCCC12. The molecule has 1 saturated heterocycles. The number of fused-ring (bicyclic) bond motifs is 3. The van der Waals surface area contributed by atoms with E-state index in [0.717, 1.165) is 0 Å². The Balaban J connectivity index is 2.19.